The van der Waals surface area contributed by atoms with Crippen molar-refractivity contribution in [3.63, 3.8) is 0 Å². The van der Waals surface area contributed by atoms with Crippen LogP contribution in [0.3, 0.4) is 0 Å². The second-order valence-corrected chi connectivity index (χ2v) is 2.83. The second-order valence-electron chi connectivity index (χ2n) is 2.83. The molecule has 0 bridgehead atoms. The molecule has 1 aromatic rings. The van der Waals surface area contributed by atoms with E-state index in [-0.39, 0.29) is 0 Å². The molecule has 0 saturated carbocycles. The molecule has 0 aliphatic heterocycles. The number of nitriles is 1. The summed E-state index contributed by atoms with van der Waals surface area (Å²) in [6.45, 7) is 1.63. The van der Waals surface area contributed by atoms with Gasteiger partial charge in [0.1, 0.15) is 12.1 Å². The number of aromatic nitrogens is 2. The average molecular weight is 206 g/mol. The summed E-state index contributed by atoms with van der Waals surface area (Å²) in [5, 5.41) is 18.7. The summed E-state index contributed by atoms with van der Waals surface area (Å²) in [6.07, 6.45) is 1.34. The first-order valence-corrected chi connectivity index (χ1v) is 4.24. The van der Waals surface area contributed by atoms with Crippen LogP contribution in [0.1, 0.15) is 12.5 Å². The fourth-order valence-corrected chi connectivity index (χ4v) is 0.956. The number of carbonyl (C=O) groups excluding carboxylic acids is 1. The smallest absolute Gasteiger partial charge is 0.328 e. The van der Waals surface area contributed by atoms with Gasteiger partial charge in [-0.05, 0) is 6.92 Å². The van der Waals surface area contributed by atoms with Crippen LogP contribution >= 0.6 is 0 Å². The highest BCUT2D eigenvalue weighted by molar-refractivity contribution is 5.78. The molecule has 6 nitrogen and oxygen atoms in total. The van der Waals surface area contributed by atoms with Gasteiger partial charge in [0.15, 0.2) is 5.82 Å². The molecule has 0 aliphatic carbocycles. The van der Waals surface area contributed by atoms with E-state index in [0.29, 0.717) is 11.4 Å². The Kier molecular flexibility index (Phi) is 3.57. The Morgan fingerprint density at radius 1 is 1.73 bits per heavy atom. The number of nitrogens with one attached hydrogen (secondary N) is 1. The van der Waals surface area contributed by atoms with Crippen LogP contribution in [0.4, 0.5) is 5.82 Å². The first-order valence-electron chi connectivity index (χ1n) is 4.24. The summed E-state index contributed by atoms with van der Waals surface area (Å²) in [4.78, 5) is 11.1. The van der Waals surface area contributed by atoms with Gasteiger partial charge in [-0.1, -0.05) is 0 Å². The summed E-state index contributed by atoms with van der Waals surface area (Å²) in [5.41, 5.74) is 0.379. The molecule has 1 aromatic heterocycles. The van der Waals surface area contributed by atoms with Crippen LogP contribution in [0.25, 0.3) is 0 Å². The van der Waals surface area contributed by atoms with Crippen molar-refractivity contribution in [3.05, 3.63) is 17.8 Å². The normalized spacial score (nSPS) is 11.3. The monoisotopic (exact) mass is 206 g/mol. The molecular formula is C9H10N4O2. The van der Waals surface area contributed by atoms with Gasteiger partial charge in [0.25, 0.3) is 0 Å². The number of hydrogen-bond acceptors (Lipinski definition) is 6. The molecule has 6 heteroatoms. The second kappa shape index (κ2) is 4.91. The molecule has 1 rings (SSSR count). The van der Waals surface area contributed by atoms with Crippen molar-refractivity contribution in [1.82, 2.24) is 10.2 Å². The molecule has 1 heterocycles. The Labute approximate surface area is 86.9 Å². The number of carbonyl (C=O) groups is 1. The van der Waals surface area contributed by atoms with Gasteiger partial charge in [-0.3, -0.25) is 0 Å². The highest BCUT2D eigenvalue weighted by atomic mass is 16.5. The lowest BCUT2D eigenvalue weighted by Gasteiger charge is -2.10. The van der Waals surface area contributed by atoms with Gasteiger partial charge < -0.3 is 10.1 Å². The van der Waals surface area contributed by atoms with Gasteiger partial charge >= 0.3 is 5.97 Å². The van der Waals surface area contributed by atoms with Crippen LogP contribution < -0.4 is 5.32 Å². The van der Waals surface area contributed by atoms with Crippen molar-refractivity contribution in [2.45, 2.75) is 13.0 Å². The number of methoxy groups -OCH3 is 1. The standard InChI is InChI=1S/C9H10N4O2/c1-6(9(14)15-2)12-8-3-7(4-10)5-11-13-8/h3,5-6H,1-2H3,(H,12,13). The molecule has 0 aromatic carbocycles. The highest BCUT2D eigenvalue weighted by Crippen LogP contribution is 2.05. The van der Waals surface area contributed by atoms with Crippen LogP contribution in [0.15, 0.2) is 12.3 Å². The van der Waals surface area contributed by atoms with E-state index in [0.717, 1.165) is 0 Å². The zero-order chi connectivity index (χ0) is 11.3. The van der Waals surface area contributed by atoms with E-state index < -0.39 is 12.0 Å². The van der Waals surface area contributed by atoms with Crippen molar-refractivity contribution in [3.8, 4) is 6.07 Å². The van der Waals surface area contributed by atoms with E-state index in [2.05, 4.69) is 20.3 Å². The fraction of sp³-hybridized carbons (Fsp3) is 0.333. The lowest BCUT2D eigenvalue weighted by molar-refractivity contribution is -0.141. The Morgan fingerprint density at radius 2 is 2.47 bits per heavy atom. The number of nitrogens with zero attached hydrogens (tertiary/aromatic N) is 3. The maximum absolute atomic E-state index is 11.1. The molecular weight excluding hydrogens is 196 g/mol. The number of hydrogen-bond donors (Lipinski definition) is 1. The van der Waals surface area contributed by atoms with E-state index >= 15 is 0 Å². The number of esters is 1. The van der Waals surface area contributed by atoms with E-state index in [9.17, 15) is 4.79 Å². The Morgan fingerprint density at radius 3 is 3.07 bits per heavy atom. The molecule has 78 valence electrons. The first-order chi connectivity index (χ1) is 7.17. The molecule has 1 N–H and O–H groups in total. The minimum absolute atomic E-state index is 0.368. The number of rotatable bonds is 3. The number of anilines is 1. The van der Waals surface area contributed by atoms with Crippen LogP contribution in [0.5, 0.6) is 0 Å². The largest absolute Gasteiger partial charge is 0.467 e. The first kappa shape index (κ1) is 10.9. The van der Waals surface area contributed by atoms with Gasteiger partial charge in [0.05, 0.1) is 18.9 Å². The Bertz CT molecular complexity index is 399. The third kappa shape index (κ3) is 2.91. The zero-order valence-electron chi connectivity index (χ0n) is 8.39. The van der Waals surface area contributed by atoms with Crippen molar-refractivity contribution in [2.24, 2.45) is 0 Å². The SMILES string of the molecule is COC(=O)C(C)Nc1cc(C#N)cnn1. The third-order valence-electron chi connectivity index (χ3n) is 1.70. The quantitative estimate of drug-likeness (QED) is 0.716. The highest BCUT2D eigenvalue weighted by Gasteiger charge is 2.13. The minimum atomic E-state index is -0.529. The van der Waals surface area contributed by atoms with E-state index in [1.54, 1.807) is 6.92 Å². The topological polar surface area (TPSA) is 87.9 Å². The molecule has 0 aliphatic rings. The van der Waals surface area contributed by atoms with Gasteiger partial charge in [-0.25, -0.2) is 4.79 Å². The maximum atomic E-state index is 11.1. The molecule has 0 amide bonds. The van der Waals surface area contributed by atoms with Gasteiger partial charge in [-0.2, -0.15) is 10.4 Å². The van der Waals surface area contributed by atoms with Crippen molar-refractivity contribution in [2.75, 3.05) is 12.4 Å². The molecule has 15 heavy (non-hydrogen) atoms. The van der Waals surface area contributed by atoms with E-state index in [1.165, 1.54) is 19.4 Å². The minimum Gasteiger partial charge on any atom is -0.467 e. The average Bonchev–Trinajstić information content (AvgIpc) is 2.28. The summed E-state index contributed by atoms with van der Waals surface area (Å²) >= 11 is 0. The maximum Gasteiger partial charge on any atom is 0.328 e. The zero-order valence-corrected chi connectivity index (χ0v) is 8.39. The van der Waals surface area contributed by atoms with Gasteiger partial charge in [0.2, 0.25) is 0 Å². The van der Waals surface area contributed by atoms with E-state index in [4.69, 9.17) is 5.26 Å². The summed E-state index contributed by atoms with van der Waals surface area (Å²) in [5.74, 6) is -0.0360. The molecule has 1 atom stereocenters. The predicted molar refractivity (Wildman–Crippen MR) is 51.8 cm³/mol. The third-order valence-corrected chi connectivity index (χ3v) is 1.70. The Hall–Kier alpha value is -2.16. The van der Waals surface area contributed by atoms with E-state index in [1.807, 2.05) is 6.07 Å². The van der Waals surface area contributed by atoms with Crippen molar-refractivity contribution in [1.29, 1.82) is 5.26 Å². The lowest BCUT2D eigenvalue weighted by atomic mass is 10.3. The predicted octanol–water partition coefficient (Wildman–Crippen LogP) is 0.322. The number of ether oxygens (including phenoxy) is 1. The summed E-state index contributed by atoms with van der Waals surface area (Å²) in [7, 11) is 1.30. The van der Waals surface area contributed by atoms with Crippen LogP contribution in [-0.4, -0.2) is 29.3 Å². The summed E-state index contributed by atoms with van der Waals surface area (Å²) < 4.78 is 4.53. The van der Waals surface area contributed by atoms with Crippen molar-refractivity contribution < 1.29 is 9.53 Å². The van der Waals surface area contributed by atoms with Crippen LogP contribution in [0.2, 0.25) is 0 Å². The fourth-order valence-electron chi connectivity index (χ4n) is 0.956. The lowest BCUT2D eigenvalue weighted by Crippen LogP contribution is -2.27. The molecule has 0 fully saturated rings. The molecule has 0 radical (unpaired) electrons. The van der Waals surface area contributed by atoms with Crippen molar-refractivity contribution >= 4 is 11.8 Å². The van der Waals surface area contributed by atoms with Crippen LogP contribution in [0, 0.1) is 11.3 Å². The van der Waals surface area contributed by atoms with Gasteiger partial charge in [0, 0.05) is 6.07 Å². The molecule has 0 saturated heterocycles. The molecule has 1 unspecified atom stereocenters. The van der Waals surface area contributed by atoms with Crippen LogP contribution in [-0.2, 0) is 9.53 Å². The molecule has 0 spiro atoms. The summed E-state index contributed by atoms with van der Waals surface area (Å²) in [6, 6.07) is 2.90. The Balaban J connectivity index is 2.73. The van der Waals surface area contributed by atoms with Gasteiger partial charge in [-0.15, -0.1) is 5.10 Å².